The van der Waals surface area contributed by atoms with Crippen LogP contribution in [-0.2, 0) is 44.7 Å². The number of nitrogens with two attached hydrogens (primary N) is 1. The first kappa shape index (κ1) is 57.5. The molecule has 2 aromatic rings. The van der Waals surface area contributed by atoms with E-state index < -0.39 is 36.1 Å². The van der Waals surface area contributed by atoms with E-state index in [2.05, 4.69) is 17.1 Å². The molecule has 14 heteroatoms. The zero-order valence-electron chi connectivity index (χ0n) is 42.9. The topological polar surface area (TPSA) is 170 Å². The van der Waals surface area contributed by atoms with Gasteiger partial charge in [-0.05, 0) is 62.0 Å². The fraction of sp³-hybridized carbons (Fsp3) is 0.717. The summed E-state index contributed by atoms with van der Waals surface area (Å²) in [6, 6.07) is 8.56. The molecule has 3 unspecified atom stereocenters. The number of rotatable bonds is 31. The third-order valence-corrected chi connectivity index (χ3v) is 15.4. The van der Waals surface area contributed by atoms with Gasteiger partial charge in [0.05, 0.1) is 41.8 Å². The van der Waals surface area contributed by atoms with Gasteiger partial charge in [-0.1, -0.05) is 98.6 Å². The third kappa shape index (κ3) is 16.4. The van der Waals surface area contributed by atoms with Crippen LogP contribution < -0.4 is 5.73 Å². The number of likely N-dealkylation sites (tertiary alicyclic amines) is 1. The van der Waals surface area contributed by atoms with Crippen LogP contribution >= 0.6 is 11.3 Å². The van der Waals surface area contributed by atoms with E-state index in [4.69, 9.17) is 15.2 Å². The summed E-state index contributed by atoms with van der Waals surface area (Å²) in [5, 5.41) is 2.86. The number of carbonyl (C=O) groups is 6. The Morgan fingerprint density at radius 1 is 0.851 bits per heavy atom. The molecule has 1 aliphatic heterocycles. The molecular weight excluding hydrogens is 867 g/mol. The van der Waals surface area contributed by atoms with Gasteiger partial charge < -0.3 is 29.9 Å². The van der Waals surface area contributed by atoms with Crippen molar-refractivity contribution in [2.45, 2.75) is 169 Å². The molecule has 376 valence electrons. The molecule has 0 bridgehead atoms. The van der Waals surface area contributed by atoms with Gasteiger partial charge >= 0.3 is 0 Å². The van der Waals surface area contributed by atoms with Crippen molar-refractivity contribution in [1.82, 2.24) is 19.7 Å². The molecule has 13 nitrogen and oxygen atoms in total. The van der Waals surface area contributed by atoms with Gasteiger partial charge in [0.15, 0.2) is 5.78 Å². The summed E-state index contributed by atoms with van der Waals surface area (Å²) in [7, 11) is 6.53. The minimum absolute atomic E-state index is 0.0149. The highest BCUT2D eigenvalue weighted by Gasteiger charge is 2.44. The number of ether oxygens (including phenoxy) is 2. The average Bonchev–Trinajstić information content (AvgIpc) is 4.03. The number of likely N-dealkylation sites (N-methyl/N-ethyl adjacent to an activating group) is 2. The lowest BCUT2D eigenvalue weighted by Crippen LogP contribution is -2.54. The standard InChI is InChI=1S/C53H85N5O8S/c1-13-36(6)50(57(10)53(64)41(34(2)3)32-45(61)49(35(4)5)56(9)47(62)25-24-43(59)37(7)20-17-18-26-54)46(65-11)33-48(63)58-28-19-23-42(58)51(66-12)38(8)44(60)31-40(52-55-27-29-67-52)30-39-21-15-14-16-22-39/h14-16,21-22,27,29,34-38,40-42,46,49-51H,13,17-20,23-26,28,30-33,54H2,1-12H3/t36-,37?,38-,40+,41-,42-,46?,49-,50-,51?/m0/s1. The SMILES string of the molecule is CC[C@H](C)[C@@H](C(CC(=O)N1CCC[C@H]1C(OC)[C@@H](C)C(=O)C[C@@H](Cc1ccccc1)c1nccs1)OC)N(C)C(=O)[C@@H](CC(=O)[C@H](C(C)C)N(C)C(=O)CCC(=O)C(C)CCCCN)C(C)C. The van der Waals surface area contributed by atoms with Gasteiger partial charge in [0.2, 0.25) is 17.7 Å². The van der Waals surface area contributed by atoms with Crippen LogP contribution in [0.3, 0.4) is 0 Å². The first-order valence-electron chi connectivity index (χ1n) is 24.9. The molecule has 1 fully saturated rings. The highest BCUT2D eigenvalue weighted by molar-refractivity contribution is 7.09. The fourth-order valence-electron chi connectivity index (χ4n) is 10.2. The zero-order chi connectivity index (χ0) is 50.0. The molecule has 3 amide bonds. The predicted octanol–water partition coefficient (Wildman–Crippen LogP) is 8.18. The Kier molecular flexibility index (Phi) is 24.5. The second kappa shape index (κ2) is 28.6. The second-order valence-corrected chi connectivity index (χ2v) is 20.8. The van der Waals surface area contributed by atoms with Gasteiger partial charge in [-0.3, -0.25) is 28.8 Å². The average molecular weight is 952 g/mol. The van der Waals surface area contributed by atoms with Crippen LogP contribution in [0.1, 0.15) is 143 Å². The number of carbonyl (C=O) groups excluding carboxylic acids is 6. The second-order valence-electron chi connectivity index (χ2n) is 19.9. The number of methoxy groups -OCH3 is 2. The van der Waals surface area contributed by atoms with E-state index in [0.29, 0.717) is 38.8 Å². The summed E-state index contributed by atoms with van der Waals surface area (Å²) in [4.78, 5) is 93.4. The van der Waals surface area contributed by atoms with Gasteiger partial charge in [0.25, 0.3) is 0 Å². The van der Waals surface area contributed by atoms with Crippen LogP contribution in [0.15, 0.2) is 41.9 Å². The number of benzene rings is 1. The lowest BCUT2D eigenvalue weighted by Gasteiger charge is -2.41. The maximum Gasteiger partial charge on any atom is 0.226 e. The number of ketones is 3. The molecule has 1 aliphatic rings. The Bertz CT molecular complexity index is 1840. The number of hydrogen-bond acceptors (Lipinski definition) is 11. The Hall–Kier alpha value is -3.85. The number of nitrogens with zero attached hydrogens (tertiary/aromatic N) is 4. The first-order chi connectivity index (χ1) is 31.8. The molecule has 3 rings (SSSR count). The van der Waals surface area contributed by atoms with E-state index in [1.54, 1.807) is 50.7 Å². The number of unbranched alkanes of at least 4 members (excludes halogenated alkanes) is 1. The molecule has 0 radical (unpaired) electrons. The highest BCUT2D eigenvalue weighted by Crippen LogP contribution is 2.34. The quantitative estimate of drug-likeness (QED) is 0.0728. The number of hydrogen-bond donors (Lipinski definition) is 1. The zero-order valence-corrected chi connectivity index (χ0v) is 43.7. The van der Waals surface area contributed by atoms with E-state index in [-0.39, 0.29) is 96.4 Å². The Morgan fingerprint density at radius 2 is 1.54 bits per heavy atom. The van der Waals surface area contributed by atoms with Crippen molar-refractivity contribution in [3.63, 3.8) is 0 Å². The Balaban J connectivity index is 1.76. The monoisotopic (exact) mass is 952 g/mol. The third-order valence-electron chi connectivity index (χ3n) is 14.5. The van der Waals surface area contributed by atoms with E-state index in [0.717, 1.165) is 36.3 Å². The van der Waals surface area contributed by atoms with Crippen LogP contribution in [0.25, 0.3) is 0 Å². The molecule has 1 aromatic carbocycles. The summed E-state index contributed by atoms with van der Waals surface area (Å²) in [5.41, 5.74) is 6.75. The largest absolute Gasteiger partial charge is 0.379 e. The molecule has 67 heavy (non-hydrogen) atoms. The summed E-state index contributed by atoms with van der Waals surface area (Å²) in [6.45, 7) is 16.6. The summed E-state index contributed by atoms with van der Waals surface area (Å²) < 4.78 is 12.2. The molecule has 2 N–H and O–H groups in total. The molecular formula is C53H85N5O8S. The predicted molar refractivity (Wildman–Crippen MR) is 266 cm³/mol. The van der Waals surface area contributed by atoms with Crippen molar-refractivity contribution in [2.75, 3.05) is 41.4 Å². The van der Waals surface area contributed by atoms with Gasteiger partial charge in [0, 0.05) is 95.8 Å². The summed E-state index contributed by atoms with van der Waals surface area (Å²) >= 11 is 1.56. The van der Waals surface area contributed by atoms with Crippen molar-refractivity contribution in [1.29, 1.82) is 0 Å². The molecule has 1 aromatic heterocycles. The maximum absolute atomic E-state index is 14.7. The van der Waals surface area contributed by atoms with Crippen LogP contribution in [0.5, 0.6) is 0 Å². The van der Waals surface area contributed by atoms with Gasteiger partial charge in [0.1, 0.15) is 11.6 Å². The Morgan fingerprint density at radius 3 is 2.10 bits per heavy atom. The van der Waals surface area contributed by atoms with Crippen LogP contribution in [0.4, 0.5) is 0 Å². The Labute approximate surface area is 406 Å². The van der Waals surface area contributed by atoms with Crippen LogP contribution in [-0.4, -0.2) is 126 Å². The normalized spacial score (nSPS) is 18.1. The first-order valence-corrected chi connectivity index (χ1v) is 25.8. The molecule has 0 aliphatic carbocycles. The van der Waals surface area contributed by atoms with Gasteiger partial charge in [-0.2, -0.15) is 0 Å². The summed E-state index contributed by atoms with van der Waals surface area (Å²) in [6.07, 6.45) is 6.30. The maximum atomic E-state index is 14.7. The number of Topliss-reactive ketones (excluding diaryl/α,β-unsaturated/α-hetero) is 3. The molecule has 0 saturated carbocycles. The van der Waals surface area contributed by atoms with Crippen molar-refractivity contribution in [3.05, 3.63) is 52.5 Å². The van der Waals surface area contributed by atoms with Crippen LogP contribution in [0.2, 0.25) is 0 Å². The fourth-order valence-corrected chi connectivity index (χ4v) is 10.9. The van der Waals surface area contributed by atoms with Gasteiger partial charge in [-0.25, -0.2) is 4.98 Å². The van der Waals surface area contributed by atoms with E-state index in [9.17, 15) is 28.8 Å². The summed E-state index contributed by atoms with van der Waals surface area (Å²) in [5.74, 6) is -2.63. The number of thiazole rings is 1. The molecule has 0 spiro atoms. The highest BCUT2D eigenvalue weighted by atomic mass is 32.1. The van der Waals surface area contributed by atoms with E-state index in [1.807, 2.05) is 83.9 Å². The van der Waals surface area contributed by atoms with Gasteiger partial charge in [-0.15, -0.1) is 11.3 Å². The van der Waals surface area contributed by atoms with Crippen molar-refractivity contribution in [3.8, 4) is 0 Å². The smallest absolute Gasteiger partial charge is 0.226 e. The van der Waals surface area contributed by atoms with E-state index >= 15 is 0 Å². The number of aromatic nitrogens is 1. The molecule has 10 atom stereocenters. The van der Waals surface area contributed by atoms with Crippen LogP contribution in [0, 0.1) is 35.5 Å². The molecule has 2 heterocycles. The molecule has 1 saturated heterocycles. The van der Waals surface area contributed by atoms with Crippen molar-refractivity contribution >= 4 is 46.4 Å². The van der Waals surface area contributed by atoms with E-state index in [1.165, 1.54) is 4.90 Å². The van der Waals surface area contributed by atoms with Crippen molar-refractivity contribution < 1.29 is 38.2 Å². The minimum Gasteiger partial charge on any atom is -0.379 e. The lowest BCUT2D eigenvalue weighted by atomic mass is 9.83. The number of amides is 3. The van der Waals surface area contributed by atoms with Crippen molar-refractivity contribution in [2.24, 2.45) is 41.2 Å². The minimum atomic E-state index is -0.769. The lowest BCUT2D eigenvalue weighted by molar-refractivity contribution is -0.149.